The molecular formula is C18H13Cl2IO3S+. The van der Waals surface area contributed by atoms with E-state index in [0.29, 0.717) is 0 Å². The Hall–Kier alpha value is -1.12. The first-order valence-electron chi connectivity index (χ1n) is 7.17. The highest BCUT2D eigenvalue weighted by Crippen LogP contribution is 2.25. The average Bonchev–Trinajstić information content (AvgIpc) is 2.63. The van der Waals surface area contributed by atoms with Crippen molar-refractivity contribution in [1.82, 2.24) is 0 Å². The van der Waals surface area contributed by atoms with Gasteiger partial charge in [0.15, 0.2) is 7.14 Å². The zero-order chi connectivity index (χ0) is 17.9. The zero-order valence-corrected chi connectivity index (χ0v) is 17.3. The Kier molecular flexibility index (Phi) is 6.01. The Morgan fingerprint density at radius 1 is 0.760 bits per heavy atom. The van der Waals surface area contributed by atoms with Crippen LogP contribution in [0.3, 0.4) is 0 Å². The Balaban J connectivity index is 2.05. The molecule has 0 saturated heterocycles. The highest BCUT2D eigenvalue weighted by molar-refractivity contribution is 7.86. The van der Waals surface area contributed by atoms with Gasteiger partial charge in [-0.2, -0.15) is 8.42 Å². The molecule has 3 rings (SSSR count). The second kappa shape index (κ2) is 8.05. The minimum atomic E-state index is -4.06. The molecule has 0 unspecified atom stereocenters. The molecule has 0 atom stereocenters. The van der Waals surface area contributed by atoms with E-state index >= 15 is 0 Å². The van der Waals surface area contributed by atoms with Crippen LogP contribution in [-0.2, 0) is 12.6 Å². The summed E-state index contributed by atoms with van der Waals surface area (Å²) in [4.78, 5) is -0.115. The molecule has 0 aliphatic heterocycles. The lowest BCUT2D eigenvalue weighted by atomic mass is 10.4. The van der Waals surface area contributed by atoms with Crippen LogP contribution in [0.15, 0.2) is 83.8 Å². The third-order valence-electron chi connectivity index (χ3n) is 3.17. The number of hydrogen-bond acceptors (Lipinski definition) is 3. The number of halogens is 3. The van der Waals surface area contributed by atoms with Gasteiger partial charge in [0.05, 0.1) is 5.02 Å². The van der Waals surface area contributed by atoms with E-state index in [-0.39, 0.29) is 14.9 Å². The molecule has 0 bridgehead atoms. The van der Waals surface area contributed by atoms with Gasteiger partial charge in [-0.25, -0.2) is 0 Å². The van der Waals surface area contributed by atoms with Gasteiger partial charge in [-0.3, -0.25) is 0 Å². The van der Waals surface area contributed by atoms with E-state index in [0.717, 1.165) is 7.14 Å². The summed E-state index contributed by atoms with van der Waals surface area (Å²) < 4.78 is 33.1. The monoisotopic (exact) mass is 506 g/mol. The fraction of sp³-hybridized carbons (Fsp3) is 0. The van der Waals surface area contributed by atoms with Gasteiger partial charge in [0.1, 0.15) is 4.90 Å². The minimum absolute atomic E-state index is 0.0846. The maximum absolute atomic E-state index is 12.8. The van der Waals surface area contributed by atoms with Crippen molar-refractivity contribution in [3.63, 3.8) is 0 Å². The molecule has 3 aromatic rings. The van der Waals surface area contributed by atoms with Gasteiger partial charge in [-0.1, -0.05) is 59.6 Å². The maximum Gasteiger partial charge on any atom is 0.337 e. The molecule has 3 aromatic carbocycles. The summed E-state index contributed by atoms with van der Waals surface area (Å²) in [5.74, 6) is 0. The summed E-state index contributed by atoms with van der Waals surface area (Å²) >= 11 is 9.30. The van der Waals surface area contributed by atoms with Crippen LogP contribution in [0.1, 0.15) is 0 Å². The minimum Gasteiger partial charge on any atom is -0.190 e. The first kappa shape index (κ1) is 18.7. The smallest absolute Gasteiger partial charge is 0.190 e. The predicted molar refractivity (Wildman–Crippen MR) is 95.0 cm³/mol. The highest BCUT2D eigenvalue weighted by Gasteiger charge is 2.38. The fourth-order valence-corrected chi connectivity index (χ4v) is 9.74. The van der Waals surface area contributed by atoms with Crippen LogP contribution < -0.4 is 20.2 Å². The van der Waals surface area contributed by atoms with Crippen LogP contribution in [0.2, 0.25) is 10.0 Å². The summed E-state index contributed by atoms with van der Waals surface area (Å²) in [6.07, 6.45) is 0. The van der Waals surface area contributed by atoms with Crippen molar-refractivity contribution in [2.75, 3.05) is 0 Å². The number of benzene rings is 3. The molecule has 3 nitrogen and oxygen atoms in total. The third kappa shape index (κ3) is 4.54. The number of hydrogen-bond donors (Lipinski definition) is 0. The molecule has 0 aliphatic carbocycles. The summed E-state index contributed by atoms with van der Waals surface area (Å²) in [5.41, 5.74) is 0. The van der Waals surface area contributed by atoms with Crippen molar-refractivity contribution in [3.8, 4) is 0 Å². The van der Waals surface area contributed by atoms with Gasteiger partial charge >= 0.3 is 30.4 Å². The van der Waals surface area contributed by atoms with E-state index in [1.54, 1.807) is 0 Å². The molecule has 0 fully saturated rings. The lowest BCUT2D eigenvalue weighted by molar-refractivity contribution is -1.03. The van der Waals surface area contributed by atoms with Crippen molar-refractivity contribution in [1.29, 1.82) is 0 Å². The molecule has 129 valence electrons. The SMILES string of the molecule is O=S(=O)(O[I+](c1ccccc1)c1ccccc1)c1cc(Cl)ccc1Cl. The van der Waals surface area contributed by atoms with E-state index in [2.05, 4.69) is 0 Å². The molecule has 0 saturated carbocycles. The summed E-state index contributed by atoms with van der Waals surface area (Å²) in [6.45, 7) is 0. The lowest BCUT2D eigenvalue weighted by Gasteiger charge is -2.07. The largest absolute Gasteiger partial charge is 0.337 e. The summed E-state index contributed by atoms with van der Waals surface area (Å²) in [6, 6.07) is 23.0. The second-order valence-corrected chi connectivity index (χ2v) is 12.2. The first-order valence-corrected chi connectivity index (χ1v) is 12.4. The maximum atomic E-state index is 12.8. The molecule has 0 heterocycles. The van der Waals surface area contributed by atoms with Crippen molar-refractivity contribution in [3.05, 3.63) is 96.0 Å². The standard InChI is InChI=1S/C18H13Cl2IO3S/c19-14-11-12-17(20)18(13-14)25(22,23)24-21(15-7-3-1-4-8-15)16-9-5-2-6-10-16/h1-13H/q+1. The van der Waals surface area contributed by atoms with Crippen molar-refractivity contribution in [2.45, 2.75) is 4.90 Å². The predicted octanol–water partition coefficient (Wildman–Crippen LogP) is 1.98. The Morgan fingerprint density at radius 3 is 1.80 bits per heavy atom. The van der Waals surface area contributed by atoms with Gasteiger partial charge in [-0.05, 0) is 45.0 Å². The van der Waals surface area contributed by atoms with Crippen molar-refractivity contribution in [2.24, 2.45) is 0 Å². The molecule has 0 amide bonds. The van der Waals surface area contributed by atoms with Gasteiger partial charge in [-0.15, -0.1) is 0 Å². The molecule has 7 heteroatoms. The summed E-state index contributed by atoms with van der Waals surface area (Å²) in [5, 5.41) is 0.368. The van der Waals surface area contributed by atoms with E-state index in [1.165, 1.54) is 18.2 Å². The Labute approximate surface area is 164 Å². The van der Waals surface area contributed by atoms with Crippen molar-refractivity contribution < 1.29 is 31.2 Å². The lowest BCUT2D eigenvalue weighted by Crippen LogP contribution is -3.85. The van der Waals surface area contributed by atoms with E-state index < -0.39 is 30.4 Å². The third-order valence-corrected chi connectivity index (χ3v) is 11.2. The van der Waals surface area contributed by atoms with Gasteiger partial charge in [0, 0.05) is 5.02 Å². The van der Waals surface area contributed by atoms with Gasteiger partial charge in [0.25, 0.3) is 0 Å². The van der Waals surface area contributed by atoms with Crippen LogP contribution >= 0.6 is 23.2 Å². The van der Waals surface area contributed by atoms with E-state index in [9.17, 15) is 8.42 Å². The molecule has 1 radical (unpaired) electrons. The first-order chi connectivity index (χ1) is 12.0. The zero-order valence-electron chi connectivity index (χ0n) is 12.8. The van der Waals surface area contributed by atoms with Crippen LogP contribution in [0, 0.1) is 7.14 Å². The molecule has 0 aromatic heterocycles. The van der Waals surface area contributed by atoms with Crippen molar-refractivity contribution >= 4 is 33.3 Å². The van der Waals surface area contributed by atoms with E-state index in [4.69, 9.17) is 25.7 Å². The van der Waals surface area contributed by atoms with E-state index in [1.807, 2.05) is 60.7 Å². The van der Waals surface area contributed by atoms with Gasteiger partial charge in [0.2, 0.25) is 0 Å². The fourth-order valence-electron chi connectivity index (χ4n) is 2.04. The second-order valence-electron chi connectivity index (χ2n) is 4.93. The molecule has 0 N–H and O–H groups in total. The summed E-state index contributed by atoms with van der Waals surface area (Å²) in [7, 11) is -4.06. The van der Waals surface area contributed by atoms with Crippen LogP contribution in [-0.4, -0.2) is 8.42 Å². The van der Waals surface area contributed by atoms with Gasteiger partial charge < -0.3 is 0 Å². The number of rotatable bonds is 5. The Morgan fingerprint density at radius 2 is 1.28 bits per heavy atom. The topological polar surface area (TPSA) is 43.4 Å². The quantitative estimate of drug-likeness (QED) is 0.497. The van der Waals surface area contributed by atoms with Crippen LogP contribution in [0.4, 0.5) is 0 Å². The molecule has 0 spiro atoms. The average molecular weight is 507 g/mol. The molecule has 0 aliphatic rings. The van der Waals surface area contributed by atoms with Crippen LogP contribution in [0.25, 0.3) is 0 Å². The highest BCUT2D eigenvalue weighted by atomic mass is 127. The van der Waals surface area contributed by atoms with Crippen LogP contribution in [0.5, 0.6) is 0 Å². The molecule has 25 heavy (non-hydrogen) atoms. The Bertz CT molecular complexity index is 925. The normalized spacial score (nSPS) is 11.6. The molecular weight excluding hydrogens is 494 g/mol.